The van der Waals surface area contributed by atoms with Gasteiger partial charge >= 0.3 is 6.03 Å². The molecule has 0 atom stereocenters. The second-order valence-corrected chi connectivity index (χ2v) is 5.27. The molecule has 0 spiro atoms. The van der Waals surface area contributed by atoms with E-state index < -0.39 is 0 Å². The molecule has 1 aliphatic rings. The van der Waals surface area contributed by atoms with Crippen LogP contribution in [0.15, 0.2) is 30.3 Å². The monoisotopic (exact) mass is 261 g/mol. The van der Waals surface area contributed by atoms with Gasteiger partial charge in [0.15, 0.2) is 0 Å². The zero-order valence-corrected chi connectivity index (χ0v) is 11.3. The van der Waals surface area contributed by atoms with Gasteiger partial charge in [0.05, 0.1) is 0 Å². The Morgan fingerprint density at radius 2 is 1.84 bits per heavy atom. The van der Waals surface area contributed by atoms with Crippen molar-refractivity contribution in [2.45, 2.75) is 38.3 Å². The molecule has 19 heavy (non-hydrogen) atoms. The molecule has 4 nitrogen and oxygen atoms in total. The van der Waals surface area contributed by atoms with Crippen LogP contribution in [0, 0.1) is 5.92 Å². The lowest BCUT2D eigenvalue weighted by molar-refractivity contribution is 0.227. The van der Waals surface area contributed by atoms with E-state index in [2.05, 4.69) is 10.6 Å². The third-order valence-corrected chi connectivity index (χ3v) is 3.81. The van der Waals surface area contributed by atoms with Crippen LogP contribution in [-0.2, 0) is 6.54 Å². The molecule has 0 heterocycles. The van der Waals surface area contributed by atoms with Crippen molar-refractivity contribution in [2.24, 2.45) is 11.7 Å². The van der Waals surface area contributed by atoms with Crippen LogP contribution in [0.5, 0.6) is 0 Å². The summed E-state index contributed by atoms with van der Waals surface area (Å²) in [7, 11) is 0. The molecule has 2 amide bonds. The van der Waals surface area contributed by atoms with Gasteiger partial charge in [0.25, 0.3) is 0 Å². The number of hydrogen-bond donors (Lipinski definition) is 3. The number of amides is 2. The minimum Gasteiger partial charge on any atom is -0.335 e. The molecular formula is C15H23N3O. The molecule has 4 heteroatoms. The normalized spacial score (nSPS) is 22.8. The van der Waals surface area contributed by atoms with Gasteiger partial charge in [-0.3, -0.25) is 0 Å². The fourth-order valence-corrected chi connectivity index (χ4v) is 2.56. The highest BCUT2D eigenvalue weighted by molar-refractivity contribution is 5.74. The summed E-state index contributed by atoms with van der Waals surface area (Å²) in [6.45, 7) is 1.34. The largest absolute Gasteiger partial charge is 0.335 e. The average Bonchev–Trinajstić information content (AvgIpc) is 2.47. The van der Waals surface area contributed by atoms with Crippen molar-refractivity contribution in [1.82, 2.24) is 10.6 Å². The SMILES string of the molecule is NC[C@H]1CC[C@H](NC(=O)NCc2ccccc2)CC1. The van der Waals surface area contributed by atoms with E-state index in [0.717, 1.165) is 37.8 Å². The second-order valence-electron chi connectivity index (χ2n) is 5.27. The van der Waals surface area contributed by atoms with E-state index in [-0.39, 0.29) is 6.03 Å². The summed E-state index contributed by atoms with van der Waals surface area (Å²) in [6, 6.07) is 10.2. The van der Waals surface area contributed by atoms with Crippen molar-refractivity contribution < 1.29 is 4.79 Å². The number of carbonyl (C=O) groups excluding carboxylic acids is 1. The highest BCUT2D eigenvalue weighted by atomic mass is 16.2. The summed E-state index contributed by atoms with van der Waals surface area (Å²) < 4.78 is 0. The van der Waals surface area contributed by atoms with Crippen molar-refractivity contribution in [3.8, 4) is 0 Å². The first-order valence-electron chi connectivity index (χ1n) is 7.06. The summed E-state index contributed by atoms with van der Waals surface area (Å²) in [5.41, 5.74) is 6.78. The van der Waals surface area contributed by atoms with Crippen LogP contribution < -0.4 is 16.4 Å². The predicted octanol–water partition coefficient (Wildman–Crippen LogP) is 2.00. The highest BCUT2D eigenvalue weighted by Crippen LogP contribution is 2.23. The smallest absolute Gasteiger partial charge is 0.315 e. The van der Waals surface area contributed by atoms with Gasteiger partial charge in [-0.2, -0.15) is 0 Å². The summed E-state index contributed by atoms with van der Waals surface area (Å²) in [6.07, 6.45) is 4.33. The van der Waals surface area contributed by atoms with Gasteiger partial charge < -0.3 is 16.4 Å². The molecule has 0 aromatic heterocycles. The van der Waals surface area contributed by atoms with Crippen molar-refractivity contribution in [3.63, 3.8) is 0 Å². The molecule has 1 aromatic rings. The maximum Gasteiger partial charge on any atom is 0.315 e. The molecule has 1 fully saturated rings. The van der Waals surface area contributed by atoms with E-state index in [1.54, 1.807) is 0 Å². The molecule has 2 rings (SSSR count). The lowest BCUT2D eigenvalue weighted by Gasteiger charge is -2.28. The molecule has 1 saturated carbocycles. The number of nitrogens with one attached hydrogen (secondary N) is 2. The minimum absolute atomic E-state index is 0.0694. The average molecular weight is 261 g/mol. The number of rotatable bonds is 4. The quantitative estimate of drug-likeness (QED) is 0.776. The summed E-state index contributed by atoms with van der Waals surface area (Å²) in [4.78, 5) is 11.8. The van der Waals surface area contributed by atoms with Gasteiger partial charge in [0.1, 0.15) is 0 Å². The fourth-order valence-electron chi connectivity index (χ4n) is 2.56. The van der Waals surface area contributed by atoms with Crippen molar-refractivity contribution in [2.75, 3.05) is 6.54 Å². The third kappa shape index (κ3) is 4.56. The fraction of sp³-hybridized carbons (Fsp3) is 0.533. The van der Waals surface area contributed by atoms with Crippen LogP contribution in [0.1, 0.15) is 31.2 Å². The first kappa shape index (κ1) is 13.9. The van der Waals surface area contributed by atoms with Gasteiger partial charge in [-0.15, -0.1) is 0 Å². The van der Waals surface area contributed by atoms with Crippen LogP contribution >= 0.6 is 0 Å². The Balaban J connectivity index is 1.67. The molecule has 4 N–H and O–H groups in total. The van der Waals surface area contributed by atoms with E-state index in [0.29, 0.717) is 18.5 Å². The third-order valence-electron chi connectivity index (χ3n) is 3.81. The lowest BCUT2D eigenvalue weighted by Crippen LogP contribution is -2.43. The summed E-state index contributed by atoms with van der Waals surface area (Å²) in [5, 5.41) is 5.94. The number of urea groups is 1. The Bertz CT molecular complexity index is 386. The van der Waals surface area contributed by atoms with Crippen LogP contribution in [0.4, 0.5) is 4.79 Å². The van der Waals surface area contributed by atoms with E-state index in [4.69, 9.17) is 5.73 Å². The maximum atomic E-state index is 11.8. The Labute approximate surface area is 114 Å². The topological polar surface area (TPSA) is 67.1 Å². The Morgan fingerprint density at radius 3 is 2.47 bits per heavy atom. The first-order chi connectivity index (χ1) is 9.28. The minimum atomic E-state index is -0.0694. The Morgan fingerprint density at radius 1 is 1.16 bits per heavy atom. The van der Waals surface area contributed by atoms with Crippen molar-refractivity contribution >= 4 is 6.03 Å². The van der Waals surface area contributed by atoms with Crippen LogP contribution in [0.2, 0.25) is 0 Å². The number of hydrogen-bond acceptors (Lipinski definition) is 2. The number of carbonyl (C=O) groups is 1. The number of benzene rings is 1. The highest BCUT2D eigenvalue weighted by Gasteiger charge is 2.21. The Hall–Kier alpha value is -1.55. The molecule has 0 saturated heterocycles. The van der Waals surface area contributed by atoms with Crippen molar-refractivity contribution in [3.05, 3.63) is 35.9 Å². The van der Waals surface area contributed by atoms with Crippen LogP contribution in [0.25, 0.3) is 0 Å². The predicted molar refractivity (Wildman–Crippen MR) is 76.6 cm³/mol. The number of nitrogens with two attached hydrogens (primary N) is 1. The van der Waals surface area contributed by atoms with Crippen molar-refractivity contribution in [1.29, 1.82) is 0 Å². The Kier molecular flexibility index (Phi) is 5.21. The van der Waals surface area contributed by atoms with Gasteiger partial charge in [-0.25, -0.2) is 4.79 Å². The molecule has 1 aromatic carbocycles. The first-order valence-corrected chi connectivity index (χ1v) is 7.06. The van der Waals surface area contributed by atoms with Crippen LogP contribution in [-0.4, -0.2) is 18.6 Å². The zero-order valence-electron chi connectivity index (χ0n) is 11.3. The maximum absolute atomic E-state index is 11.8. The van der Waals surface area contributed by atoms with Gasteiger partial charge in [0, 0.05) is 12.6 Å². The molecule has 0 unspecified atom stereocenters. The summed E-state index contributed by atoms with van der Waals surface area (Å²) in [5.74, 6) is 0.644. The van der Waals surface area contributed by atoms with Gasteiger partial charge in [-0.05, 0) is 43.7 Å². The molecule has 0 bridgehead atoms. The standard InChI is InChI=1S/C15H23N3O/c16-10-12-6-8-14(9-7-12)18-15(19)17-11-13-4-2-1-3-5-13/h1-5,12,14H,6-11,16H2,(H2,17,18,19)/t12-,14-. The molecule has 104 valence electrons. The molecule has 0 radical (unpaired) electrons. The molecular weight excluding hydrogens is 238 g/mol. The van der Waals surface area contributed by atoms with E-state index >= 15 is 0 Å². The summed E-state index contributed by atoms with van der Waals surface area (Å²) >= 11 is 0. The lowest BCUT2D eigenvalue weighted by atomic mass is 9.86. The molecule has 0 aliphatic heterocycles. The van der Waals surface area contributed by atoms with Gasteiger partial charge in [-0.1, -0.05) is 30.3 Å². The second kappa shape index (κ2) is 7.14. The zero-order chi connectivity index (χ0) is 13.5. The molecule has 1 aliphatic carbocycles. The van der Waals surface area contributed by atoms with E-state index in [1.807, 2.05) is 30.3 Å². The van der Waals surface area contributed by atoms with Crippen LogP contribution in [0.3, 0.4) is 0 Å². The van der Waals surface area contributed by atoms with E-state index in [1.165, 1.54) is 0 Å². The van der Waals surface area contributed by atoms with E-state index in [9.17, 15) is 4.79 Å². The van der Waals surface area contributed by atoms with Gasteiger partial charge in [0.2, 0.25) is 0 Å².